The number of nitrogens with zero attached hydrogens (tertiary/aromatic N) is 1. The molecule has 0 aliphatic rings. The minimum atomic E-state index is -0.549. The summed E-state index contributed by atoms with van der Waals surface area (Å²) in [5, 5.41) is 2.42. The van der Waals surface area contributed by atoms with Crippen LogP contribution in [0.5, 0.6) is 0 Å². The van der Waals surface area contributed by atoms with Gasteiger partial charge in [0, 0.05) is 29.3 Å². The molecule has 2 aromatic rings. The molecule has 1 aromatic heterocycles. The van der Waals surface area contributed by atoms with Crippen molar-refractivity contribution in [1.82, 2.24) is 4.57 Å². The molecule has 2 rings (SSSR count). The average Bonchev–Trinajstić information content (AvgIpc) is 2.36. The molecule has 1 aromatic carbocycles. The van der Waals surface area contributed by atoms with Crippen molar-refractivity contribution in [2.24, 2.45) is 7.05 Å². The molecule has 0 aliphatic heterocycles. The van der Waals surface area contributed by atoms with Crippen molar-refractivity contribution < 1.29 is 9.18 Å². The highest BCUT2D eigenvalue weighted by Gasteiger charge is 2.10. The molecule has 0 fully saturated rings. The minimum Gasteiger partial charge on any atom is -0.319 e. The van der Waals surface area contributed by atoms with Crippen LogP contribution in [0.15, 0.2) is 45.8 Å². The van der Waals surface area contributed by atoms with Gasteiger partial charge in [0.2, 0.25) is 0 Å². The molecule has 98 valence electrons. The van der Waals surface area contributed by atoms with Gasteiger partial charge in [-0.05, 0) is 24.3 Å². The first kappa shape index (κ1) is 13.5. The lowest BCUT2D eigenvalue weighted by molar-refractivity contribution is 0.102. The van der Waals surface area contributed by atoms with Gasteiger partial charge in [0.1, 0.15) is 5.82 Å². The number of pyridine rings is 1. The fourth-order valence-electron chi connectivity index (χ4n) is 1.48. The zero-order chi connectivity index (χ0) is 14.0. The van der Waals surface area contributed by atoms with Crippen LogP contribution in [-0.4, -0.2) is 10.5 Å². The zero-order valence-corrected chi connectivity index (χ0v) is 11.6. The van der Waals surface area contributed by atoms with Gasteiger partial charge in [-0.15, -0.1) is 0 Å². The van der Waals surface area contributed by atoms with Crippen molar-refractivity contribution in [3.8, 4) is 0 Å². The Morgan fingerprint density at radius 2 is 2.05 bits per heavy atom. The van der Waals surface area contributed by atoms with Gasteiger partial charge in [-0.3, -0.25) is 9.59 Å². The number of anilines is 1. The molecule has 0 bridgehead atoms. The predicted octanol–water partition coefficient (Wildman–Crippen LogP) is 2.54. The normalized spacial score (nSPS) is 10.3. The molecule has 1 amide bonds. The van der Waals surface area contributed by atoms with Gasteiger partial charge in [0.15, 0.2) is 0 Å². The van der Waals surface area contributed by atoms with E-state index in [1.54, 1.807) is 13.1 Å². The molecule has 1 heterocycles. The number of carbonyl (C=O) groups is 1. The molecule has 19 heavy (non-hydrogen) atoms. The Morgan fingerprint density at radius 1 is 1.32 bits per heavy atom. The number of nitrogens with one attached hydrogen (secondary N) is 1. The molecule has 0 spiro atoms. The first-order valence-electron chi connectivity index (χ1n) is 5.40. The van der Waals surface area contributed by atoms with Crippen molar-refractivity contribution in [3.05, 3.63) is 62.7 Å². The fraction of sp³-hybridized carbons (Fsp3) is 0.0769. The molecule has 6 heteroatoms. The molecule has 0 unspecified atom stereocenters. The summed E-state index contributed by atoms with van der Waals surface area (Å²) in [6, 6.07) is 7.00. The van der Waals surface area contributed by atoms with Gasteiger partial charge in [0.25, 0.3) is 11.5 Å². The van der Waals surface area contributed by atoms with Crippen LogP contribution in [0, 0.1) is 5.82 Å². The standard InChI is InChI=1S/C13H10BrFN2O2/c1-17-5-4-8(6-12(17)18)13(19)16-11-3-2-9(14)7-10(11)15/h2-7H,1H3,(H,16,19). The van der Waals surface area contributed by atoms with Crippen molar-refractivity contribution in [1.29, 1.82) is 0 Å². The predicted molar refractivity (Wildman–Crippen MR) is 73.7 cm³/mol. The number of benzene rings is 1. The Labute approximate surface area is 117 Å². The topological polar surface area (TPSA) is 51.1 Å². The monoisotopic (exact) mass is 324 g/mol. The molecule has 1 N–H and O–H groups in total. The van der Waals surface area contributed by atoms with Gasteiger partial charge in [0.05, 0.1) is 5.69 Å². The maximum atomic E-state index is 13.6. The molecule has 4 nitrogen and oxygen atoms in total. The van der Waals surface area contributed by atoms with Gasteiger partial charge in [-0.1, -0.05) is 15.9 Å². The molecular weight excluding hydrogens is 315 g/mol. The molecular formula is C13H10BrFN2O2. The minimum absolute atomic E-state index is 0.0638. The quantitative estimate of drug-likeness (QED) is 0.922. The van der Waals surface area contributed by atoms with E-state index in [0.717, 1.165) is 0 Å². The van der Waals surface area contributed by atoms with Crippen molar-refractivity contribution in [2.45, 2.75) is 0 Å². The van der Waals surface area contributed by atoms with Gasteiger partial charge in [-0.2, -0.15) is 0 Å². The van der Waals surface area contributed by atoms with Crippen LogP contribution >= 0.6 is 15.9 Å². The van der Waals surface area contributed by atoms with Gasteiger partial charge in [-0.25, -0.2) is 4.39 Å². The Hall–Kier alpha value is -1.95. The fourth-order valence-corrected chi connectivity index (χ4v) is 1.81. The third-order valence-electron chi connectivity index (χ3n) is 2.55. The van der Waals surface area contributed by atoms with E-state index < -0.39 is 11.7 Å². The van der Waals surface area contributed by atoms with Crippen molar-refractivity contribution in [2.75, 3.05) is 5.32 Å². The second kappa shape index (κ2) is 5.36. The largest absolute Gasteiger partial charge is 0.319 e. The number of aryl methyl sites for hydroxylation is 1. The van der Waals surface area contributed by atoms with Gasteiger partial charge >= 0.3 is 0 Å². The second-order valence-electron chi connectivity index (χ2n) is 3.94. The summed E-state index contributed by atoms with van der Waals surface area (Å²) in [4.78, 5) is 23.3. The second-order valence-corrected chi connectivity index (χ2v) is 4.86. The van der Waals surface area contributed by atoms with E-state index in [0.29, 0.717) is 4.47 Å². The Morgan fingerprint density at radius 3 is 2.68 bits per heavy atom. The highest BCUT2D eigenvalue weighted by atomic mass is 79.9. The summed E-state index contributed by atoms with van der Waals surface area (Å²) >= 11 is 3.13. The summed E-state index contributed by atoms with van der Waals surface area (Å²) in [6.45, 7) is 0. The molecule has 0 saturated carbocycles. The number of carbonyl (C=O) groups excluding carboxylic acids is 1. The van der Waals surface area contributed by atoms with Crippen LogP contribution in [0.3, 0.4) is 0 Å². The average molecular weight is 325 g/mol. The third kappa shape index (κ3) is 3.08. The number of rotatable bonds is 2. The third-order valence-corrected chi connectivity index (χ3v) is 3.04. The number of amides is 1. The number of halogens is 2. The van der Waals surface area contributed by atoms with E-state index in [1.807, 2.05) is 0 Å². The van der Waals surface area contributed by atoms with E-state index in [9.17, 15) is 14.0 Å². The highest BCUT2D eigenvalue weighted by molar-refractivity contribution is 9.10. The Bertz CT molecular complexity index is 697. The maximum absolute atomic E-state index is 13.6. The first-order chi connectivity index (χ1) is 8.97. The van der Waals surface area contributed by atoms with E-state index in [-0.39, 0.29) is 16.8 Å². The van der Waals surface area contributed by atoms with Crippen LogP contribution in [0.2, 0.25) is 0 Å². The zero-order valence-electron chi connectivity index (χ0n) is 9.98. The lowest BCUT2D eigenvalue weighted by Gasteiger charge is -2.07. The first-order valence-corrected chi connectivity index (χ1v) is 6.20. The smallest absolute Gasteiger partial charge is 0.255 e. The lowest BCUT2D eigenvalue weighted by atomic mass is 10.2. The van der Waals surface area contributed by atoms with E-state index >= 15 is 0 Å². The summed E-state index contributed by atoms with van der Waals surface area (Å²) in [7, 11) is 1.58. The van der Waals surface area contributed by atoms with Crippen LogP contribution in [0.25, 0.3) is 0 Å². The molecule has 0 radical (unpaired) electrons. The SMILES string of the molecule is Cn1ccc(C(=O)Nc2ccc(Br)cc2F)cc1=O. The van der Waals surface area contributed by atoms with E-state index in [1.165, 1.54) is 35.0 Å². The van der Waals surface area contributed by atoms with Crippen LogP contribution < -0.4 is 10.9 Å². The Kier molecular flexibility index (Phi) is 3.80. The number of hydrogen-bond donors (Lipinski definition) is 1. The molecule has 0 atom stereocenters. The lowest BCUT2D eigenvalue weighted by Crippen LogP contribution is -2.20. The number of aromatic nitrogens is 1. The molecule has 0 saturated heterocycles. The van der Waals surface area contributed by atoms with Crippen LogP contribution in [0.4, 0.5) is 10.1 Å². The van der Waals surface area contributed by atoms with Gasteiger partial charge < -0.3 is 9.88 Å². The van der Waals surface area contributed by atoms with E-state index in [4.69, 9.17) is 0 Å². The summed E-state index contributed by atoms with van der Waals surface area (Å²) in [5.74, 6) is -1.08. The van der Waals surface area contributed by atoms with Crippen molar-refractivity contribution in [3.63, 3.8) is 0 Å². The van der Waals surface area contributed by atoms with E-state index in [2.05, 4.69) is 21.2 Å². The summed E-state index contributed by atoms with van der Waals surface area (Å²) in [6.07, 6.45) is 1.48. The molecule has 0 aliphatic carbocycles. The van der Waals surface area contributed by atoms with Crippen LogP contribution in [0.1, 0.15) is 10.4 Å². The summed E-state index contributed by atoms with van der Waals surface area (Å²) in [5.41, 5.74) is -0.0526. The Balaban J connectivity index is 2.25. The highest BCUT2D eigenvalue weighted by Crippen LogP contribution is 2.19. The number of hydrogen-bond acceptors (Lipinski definition) is 2. The van der Waals surface area contributed by atoms with Crippen LogP contribution in [-0.2, 0) is 7.05 Å². The maximum Gasteiger partial charge on any atom is 0.255 e. The summed E-state index contributed by atoms with van der Waals surface area (Å²) < 4.78 is 15.5. The van der Waals surface area contributed by atoms with Crippen molar-refractivity contribution >= 4 is 27.5 Å².